The summed E-state index contributed by atoms with van der Waals surface area (Å²) in [6.07, 6.45) is 6.11. The third-order valence-electron chi connectivity index (χ3n) is 3.50. The van der Waals surface area contributed by atoms with Gasteiger partial charge in [-0.05, 0) is 23.3 Å². The second kappa shape index (κ2) is 11.0. The lowest BCUT2D eigenvalue weighted by Gasteiger charge is -1.94. The van der Waals surface area contributed by atoms with E-state index in [1.807, 2.05) is 97.1 Å². The van der Waals surface area contributed by atoms with Crippen LogP contribution in [0.3, 0.4) is 0 Å². The second-order valence-corrected chi connectivity index (χ2v) is 5.56. The molecule has 3 nitrogen and oxygen atoms in total. The van der Waals surface area contributed by atoms with Crippen LogP contribution in [0, 0.1) is 0 Å². The Morgan fingerprint density at radius 1 is 0.593 bits per heavy atom. The molecule has 3 heteroatoms. The van der Waals surface area contributed by atoms with Gasteiger partial charge in [0.25, 0.3) is 0 Å². The topological polar surface area (TPSA) is 54.4 Å². The fourth-order valence-corrected chi connectivity index (χ4v) is 2.17. The molecule has 0 atom stereocenters. The molecule has 0 radical (unpaired) electrons. The Kier molecular flexibility index (Phi) is 7.99. The highest BCUT2D eigenvalue weighted by atomic mass is 16.4. The Morgan fingerprint density at radius 3 is 1.44 bits per heavy atom. The van der Waals surface area contributed by atoms with Crippen molar-refractivity contribution < 1.29 is 14.7 Å². The number of carbonyl (C=O) groups is 2. The number of aliphatic carboxylic acids is 1. The van der Waals surface area contributed by atoms with E-state index in [1.165, 1.54) is 0 Å². The standard InChI is InChI=1S/C15H12O.C9H8O2/c16-15(14-9-5-2-6-10-14)12-11-13-7-3-1-4-8-13;10-9(11)7-6-8-4-2-1-3-5-8/h1-12H;1-7H,(H,10,11)/b12-11+;7-6+. The van der Waals surface area contributed by atoms with Crippen molar-refractivity contribution in [1.82, 2.24) is 0 Å². The van der Waals surface area contributed by atoms with Crippen LogP contribution in [0.15, 0.2) is 103 Å². The first-order valence-electron chi connectivity index (χ1n) is 8.44. The molecule has 3 rings (SSSR count). The summed E-state index contributed by atoms with van der Waals surface area (Å²) in [5, 5.41) is 8.29. The summed E-state index contributed by atoms with van der Waals surface area (Å²) in [4.78, 5) is 21.8. The first-order chi connectivity index (χ1) is 13.1. The van der Waals surface area contributed by atoms with Gasteiger partial charge in [0.05, 0.1) is 0 Å². The van der Waals surface area contributed by atoms with Gasteiger partial charge in [0, 0.05) is 11.6 Å². The number of allylic oxidation sites excluding steroid dienone is 1. The zero-order chi connectivity index (χ0) is 19.3. The van der Waals surface area contributed by atoms with Crippen LogP contribution >= 0.6 is 0 Å². The van der Waals surface area contributed by atoms with E-state index in [0.29, 0.717) is 0 Å². The van der Waals surface area contributed by atoms with E-state index in [4.69, 9.17) is 5.11 Å². The Balaban J connectivity index is 0.000000208. The molecule has 0 aliphatic rings. The number of rotatable bonds is 5. The van der Waals surface area contributed by atoms with Crippen molar-refractivity contribution in [3.8, 4) is 0 Å². The van der Waals surface area contributed by atoms with E-state index in [0.717, 1.165) is 22.8 Å². The fraction of sp³-hybridized carbons (Fsp3) is 0. The number of benzene rings is 3. The molecular formula is C24H20O3. The van der Waals surface area contributed by atoms with E-state index in [9.17, 15) is 9.59 Å². The van der Waals surface area contributed by atoms with Crippen LogP contribution in [0.5, 0.6) is 0 Å². The van der Waals surface area contributed by atoms with Crippen molar-refractivity contribution in [3.63, 3.8) is 0 Å². The summed E-state index contributed by atoms with van der Waals surface area (Å²) >= 11 is 0. The van der Waals surface area contributed by atoms with Crippen LogP contribution in [0.25, 0.3) is 12.2 Å². The Hall–Kier alpha value is -3.72. The van der Waals surface area contributed by atoms with Crippen molar-refractivity contribution >= 4 is 23.9 Å². The smallest absolute Gasteiger partial charge is 0.328 e. The minimum atomic E-state index is -0.922. The van der Waals surface area contributed by atoms with Crippen LogP contribution in [0.2, 0.25) is 0 Å². The molecule has 0 aromatic heterocycles. The minimum absolute atomic E-state index is 0.0319. The predicted molar refractivity (Wildman–Crippen MR) is 109 cm³/mol. The lowest BCUT2D eigenvalue weighted by Crippen LogP contribution is -1.92. The maximum absolute atomic E-state index is 11.7. The molecular weight excluding hydrogens is 336 g/mol. The fourth-order valence-electron chi connectivity index (χ4n) is 2.17. The van der Waals surface area contributed by atoms with E-state index >= 15 is 0 Å². The summed E-state index contributed by atoms with van der Waals surface area (Å²) in [6.45, 7) is 0. The number of hydrogen-bond donors (Lipinski definition) is 1. The van der Waals surface area contributed by atoms with E-state index in [2.05, 4.69) is 0 Å². The average Bonchev–Trinajstić information content (AvgIpc) is 2.73. The number of hydrogen-bond acceptors (Lipinski definition) is 2. The third kappa shape index (κ3) is 7.80. The van der Waals surface area contributed by atoms with Gasteiger partial charge in [0.2, 0.25) is 0 Å². The zero-order valence-electron chi connectivity index (χ0n) is 14.7. The van der Waals surface area contributed by atoms with E-state index in [1.54, 1.807) is 12.2 Å². The molecule has 0 saturated heterocycles. The van der Waals surface area contributed by atoms with Gasteiger partial charge in [-0.3, -0.25) is 4.79 Å². The largest absolute Gasteiger partial charge is 0.478 e. The molecule has 0 aliphatic carbocycles. The summed E-state index contributed by atoms with van der Waals surface area (Å²) < 4.78 is 0. The summed E-state index contributed by atoms with van der Waals surface area (Å²) in [7, 11) is 0. The van der Waals surface area contributed by atoms with Crippen molar-refractivity contribution in [1.29, 1.82) is 0 Å². The SMILES string of the molecule is O=C(/C=C/c1ccccc1)c1ccccc1.O=C(O)/C=C/c1ccccc1. The van der Waals surface area contributed by atoms with Gasteiger partial charge in [-0.2, -0.15) is 0 Å². The molecule has 0 unspecified atom stereocenters. The highest BCUT2D eigenvalue weighted by molar-refractivity contribution is 6.06. The third-order valence-corrected chi connectivity index (χ3v) is 3.50. The molecule has 0 bridgehead atoms. The highest BCUT2D eigenvalue weighted by Gasteiger charge is 1.98. The molecule has 0 amide bonds. The lowest BCUT2D eigenvalue weighted by molar-refractivity contribution is -0.131. The molecule has 3 aromatic carbocycles. The van der Waals surface area contributed by atoms with Crippen LogP contribution < -0.4 is 0 Å². The van der Waals surface area contributed by atoms with Crippen LogP contribution in [-0.2, 0) is 4.79 Å². The number of carboxylic acid groups (broad SMARTS) is 1. The number of carbonyl (C=O) groups excluding carboxylic acids is 1. The first-order valence-corrected chi connectivity index (χ1v) is 8.44. The molecule has 3 aromatic rings. The van der Waals surface area contributed by atoms with Crippen LogP contribution in [-0.4, -0.2) is 16.9 Å². The average molecular weight is 356 g/mol. The Bertz CT molecular complexity index is 896. The molecule has 0 fully saturated rings. The molecule has 0 heterocycles. The van der Waals surface area contributed by atoms with Gasteiger partial charge in [-0.25, -0.2) is 4.79 Å². The summed E-state index contributed by atoms with van der Waals surface area (Å²) in [6, 6.07) is 28.4. The summed E-state index contributed by atoms with van der Waals surface area (Å²) in [5.74, 6) is -0.890. The van der Waals surface area contributed by atoms with Gasteiger partial charge in [-0.1, -0.05) is 97.1 Å². The van der Waals surface area contributed by atoms with Gasteiger partial charge in [0.1, 0.15) is 0 Å². The van der Waals surface area contributed by atoms with Crippen molar-refractivity contribution in [2.45, 2.75) is 0 Å². The predicted octanol–water partition coefficient (Wildman–Crippen LogP) is 5.37. The number of carboxylic acids is 1. The molecule has 1 N–H and O–H groups in total. The van der Waals surface area contributed by atoms with Crippen molar-refractivity contribution in [2.75, 3.05) is 0 Å². The van der Waals surface area contributed by atoms with E-state index in [-0.39, 0.29) is 5.78 Å². The number of ketones is 1. The van der Waals surface area contributed by atoms with Crippen LogP contribution in [0.1, 0.15) is 21.5 Å². The molecule has 0 spiro atoms. The van der Waals surface area contributed by atoms with Gasteiger partial charge in [0.15, 0.2) is 5.78 Å². The van der Waals surface area contributed by atoms with Crippen molar-refractivity contribution in [2.24, 2.45) is 0 Å². The maximum atomic E-state index is 11.7. The quantitative estimate of drug-likeness (QED) is 0.494. The van der Waals surface area contributed by atoms with Crippen molar-refractivity contribution in [3.05, 3.63) is 120 Å². The molecule has 134 valence electrons. The van der Waals surface area contributed by atoms with E-state index < -0.39 is 5.97 Å². The monoisotopic (exact) mass is 356 g/mol. The second-order valence-electron chi connectivity index (χ2n) is 5.56. The summed E-state index contributed by atoms with van der Waals surface area (Å²) in [5.41, 5.74) is 2.65. The lowest BCUT2D eigenvalue weighted by atomic mass is 10.1. The van der Waals surface area contributed by atoms with Gasteiger partial charge in [-0.15, -0.1) is 0 Å². The first kappa shape index (κ1) is 19.6. The van der Waals surface area contributed by atoms with Gasteiger partial charge < -0.3 is 5.11 Å². The van der Waals surface area contributed by atoms with Crippen LogP contribution in [0.4, 0.5) is 0 Å². The molecule has 27 heavy (non-hydrogen) atoms. The Morgan fingerprint density at radius 2 is 1.00 bits per heavy atom. The molecule has 0 saturated carbocycles. The maximum Gasteiger partial charge on any atom is 0.328 e. The Labute approximate surface area is 158 Å². The highest BCUT2D eigenvalue weighted by Crippen LogP contribution is 2.05. The minimum Gasteiger partial charge on any atom is -0.478 e. The van der Waals surface area contributed by atoms with Gasteiger partial charge >= 0.3 is 5.97 Å². The normalized spacial score (nSPS) is 10.4. The molecule has 0 aliphatic heterocycles. The zero-order valence-corrected chi connectivity index (χ0v) is 14.7.